The minimum atomic E-state index is -0.708. The molecule has 1 aromatic carbocycles. The van der Waals surface area contributed by atoms with Gasteiger partial charge in [0, 0.05) is 17.1 Å². The Kier molecular flexibility index (Phi) is 5.16. The number of thioether (sulfide) groups is 1. The van der Waals surface area contributed by atoms with Gasteiger partial charge in [0.25, 0.3) is 5.91 Å². The molecule has 2 aromatic rings. The average Bonchev–Trinajstić information content (AvgIpc) is 2.82. The van der Waals surface area contributed by atoms with Crippen LogP contribution in [0.25, 0.3) is 0 Å². The van der Waals surface area contributed by atoms with Crippen LogP contribution < -0.4 is 11.1 Å². The molecule has 0 unspecified atom stereocenters. The summed E-state index contributed by atoms with van der Waals surface area (Å²) in [5, 5.41) is 8.98. The molecule has 1 aromatic heterocycles. The number of hydrogen-bond acceptors (Lipinski definition) is 4. The van der Waals surface area contributed by atoms with Crippen molar-refractivity contribution in [2.75, 3.05) is 11.1 Å². The van der Waals surface area contributed by atoms with Crippen LogP contribution in [0.3, 0.4) is 0 Å². The summed E-state index contributed by atoms with van der Waals surface area (Å²) in [6.07, 6.45) is 0.241. The minimum absolute atomic E-state index is 0.0111. The maximum absolute atomic E-state index is 12.8. The number of hydrogen-bond donors (Lipinski definition) is 3. The number of rotatable bonds is 6. The first kappa shape index (κ1) is 16.0. The van der Waals surface area contributed by atoms with Crippen LogP contribution in [-0.4, -0.2) is 27.8 Å². The molecule has 2 amide bonds. The number of nitrogens with zero attached hydrogens (tertiary/aromatic N) is 1. The van der Waals surface area contributed by atoms with Crippen molar-refractivity contribution in [3.8, 4) is 0 Å². The molecule has 0 saturated carbocycles. The molecule has 0 atom stereocenters. The number of anilines is 1. The number of nitrogens with two attached hydrogens (primary N) is 1. The van der Waals surface area contributed by atoms with E-state index in [1.807, 2.05) is 0 Å². The van der Waals surface area contributed by atoms with Crippen LogP contribution in [0.5, 0.6) is 0 Å². The molecule has 0 spiro atoms. The van der Waals surface area contributed by atoms with Gasteiger partial charge in [0.15, 0.2) is 5.69 Å². The molecule has 0 radical (unpaired) electrons. The van der Waals surface area contributed by atoms with E-state index in [0.717, 1.165) is 4.90 Å². The first-order chi connectivity index (χ1) is 10.5. The van der Waals surface area contributed by atoms with E-state index >= 15 is 0 Å². The van der Waals surface area contributed by atoms with E-state index in [-0.39, 0.29) is 23.8 Å². The van der Waals surface area contributed by atoms with Gasteiger partial charge in [-0.25, -0.2) is 4.39 Å². The molecule has 6 nitrogen and oxygen atoms in total. The van der Waals surface area contributed by atoms with E-state index in [1.54, 1.807) is 19.1 Å². The minimum Gasteiger partial charge on any atom is -0.364 e. The van der Waals surface area contributed by atoms with Crippen LogP contribution in [0.15, 0.2) is 29.2 Å². The largest absolute Gasteiger partial charge is 0.364 e. The molecule has 2 rings (SSSR count). The third-order valence-electron chi connectivity index (χ3n) is 2.86. The van der Waals surface area contributed by atoms with Crippen molar-refractivity contribution in [3.05, 3.63) is 41.5 Å². The fraction of sp³-hybridized carbons (Fsp3) is 0.214. The zero-order valence-corrected chi connectivity index (χ0v) is 12.7. The van der Waals surface area contributed by atoms with Crippen LogP contribution in [0.1, 0.15) is 22.6 Å². The van der Waals surface area contributed by atoms with Crippen molar-refractivity contribution < 1.29 is 14.0 Å². The fourth-order valence-corrected chi connectivity index (χ4v) is 2.61. The van der Waals surface area contributed by atoms with E-state index in [2.05, 4.69) is 15.5 Å². The lowest BCUT2D eigenvalue weighted by molar-refractivity contribution is -0.115. The predicted molar refractivity (Wildman–Crippen MR) is 82.2 cm³/mol. The maximum atomic E-state index is 12.8. The van der Waals surface area contributed by atoms with Crippen molar-refractivity contribution in [2.24, 2.45) is 5.73 Å². The summed E-state index contributed by atoms with van der Waals surface area (Å²) >= 11 is 1.44. The van der Waals surface area contributed by atoms with Gasteiger partial charge < -0.3 is 11.1 Å². The molecule has 0 saturated heterocycles. The van der Waals surface area contributed by atoms with E-state index in [4.69, 9.17) is 5.73 Å². The Morgan fingerprint density at radius 3 is 2.68 bits per heavy atom. The third-order valence-corrected chi connectivity index (χ3v) is 3.87. The molecule has 4 N–H and O–H groups in total. The molecular weight excluding hydrogens is 307 g/mol. The van der Waals surface area contributed by atoms with Crippen LogP contribution in [0, 0.1) is 12.7 Å². The molecule has 1 heterocycles. The number of carbonyl (C=O) groups excluding carboxylic acids is 2. The van der Waals surface area contributed by atoms with Crippen LogP contribution in [0.2, 0.25) is 0 Å². The Hall–Kier alpha value is -2.35. The van der Waals surface area contributed by atoms with Gasteiger partial charge in [0.2, 0.25) is 5.91 Å². The lowest BCUT2D eigenvalue weighted by Crippen LogP contribution is -2.18. The fourth-order valence-electron chi connectivity index (χ4n) is 1.75. The topological polar surface area (TPSA) is 101 Å². The summed E-state index contributed by atoms with van der Waals surface area (Å²) in [6, 6.07) is 6.05. The Balaban J connectivity index is 1.87. The number of benzene rings is 1. The van der Waals surface area contributed by atoms with Gasteiger partial charge in [0.05, 0.1) is 11.4 Å². The molecule has 8 heteroatoms. The van der Waals surface area contributed by atoms with Crippen molar-refractivity contribution in [2.45, 2.75) is 18.2 Å². The average molecular weight is 322 g/mol. The van der Waals surface area contributed by atoms with E-state index in [1.165, 1.54) is 23.9 Å². The summed E-state index contributed by atoms with van der Waals surface area (Å²) in [6.45, 7) is 1.68. The molecule has 0 fully saturated rings. The molecule has 0 aliphatic heterocycles. The highest BCUT2D eigenvalue weighted by Crippen LogP contribution is 2.20. The lowest BCUT2D eigenvalue weighted by atomic mass is 10.2. The van der Waals surface area contributed by atoms with Gasteiger partial charge in [-0.05, 0) is 31.2 Å². The van der Waals surface area contributed by atoms with Crippen LogP contribution >= 0.6 is 11.8 Å². The van der Waals surface area contributed by atoms with Crippen LogP contribution in [0.4, 0.5) is 10.1 Å². The van der Waals surface area contributed by atoms with Gasteiger partial charge in [-0.1, -0.05) is 0 Å². The zero-order chi connectivity index (χ0) is 16.1. The standard InChI is InChI=1S/C14H15FN4O2S/c1-8-12(13(14(16)21)19-18-8)17-11(20)6-7-22-10-4-2-9(15)3-5-10/h2-5H,6-7H2,1H3,(H2,16,21)(H,17,20)(H,18,19). The van der Waals surface area contributed by atoms with Crippen molar-refractivity contribution in [1.82, 2.24) is 10.2 Å². The maximum Gasteiger partial charge on any atom is 0.271 e. The Bertz CT molecular complexity index is 685. The molecular formula is C14H15FN4O2S. The number of carbonyl (C=O) groups is 2. The smallest absolute Gasteiger partial charge is 0.271 e. The third kappa shape index (κ3) is 4.08. The summed E-state index contributed by atoms with van der Waals surface area (Å²) in [4.78, 5) is 24.0. The molecule has 0 aliphatic rings. The number of amides is 2. The van der Waals surface area contributed by atoms with Crippen molar-refractivity contribution in [1.29, 1.82) is 0 Å². The van der Waals surface area contributed by atoms with Crippen molar-refractivity contribution >= 4 is 29.3 Å². The SMILES string of the molecule is Cc1[nH]nc(C(N)=O)c1NC(=O)CCSc1ccc(F)cc1. The second-order valence-corrected chi connectivity index (χ2v) is 5.71. The second kappa shape index (κ2) is 7.08. The van der Waals surface area contributed by atoms with E-state index in [9.17, 15) is 14.0 Å². The summed E-state index contributed by atoms with van der Waals surface area (Å²) in [5.41, 5.74) is 6.07. The number of aryl methyl sites for hydroxylation is 1. The summed E-state index contributed by atoms with van der Waals surface area (Å²) < 4.78 is 12.8. The van der Waals surface area contributed by atoms with Gasteiger partial charge in [-0.3, -0.25) is 14.7 Å². The first-order valence-corrected chi connectivity index (χ1v) is 7.49. The van der Waals surface area contributed by atoms with E-state index in [0.29, 0.717) is 17.1 Å². The monoisotopic (exact) mass is 322 g/mol. The highest BCUT2D eigenvalue weighted by atomic mass is 32.2. The Morgan fingerprint density at radius 2 is 2.05 bits per heavy atom. The number of nitrogens with one attached hydrogen (secondary N) is 2. The second-order valence-electron chi connectivity index (χ2n) is 4.54. The normalized spacial score (nSPS) is 10.5. The van der Waals surface area contributed by atoms with Gasteiger partial charge >= 0.3 is 0 Å². The van der Waals surface area contributed by atoms with Crippen molar-refractivity contribution in [3.63, 3.8) is 0 Å². The zero-order valence-electron chi connectivity index (χ0n) is 11.9. The Labute approximate surface area is 130 Å². The van der Waals surface area contributed by atoms with Gasteiger partial charge in [-0.2, -0.15) is 5.10 Å². The highest BCUT2D eigenvalue weighted by molar-refractivity contribution is 7.99. The highest BCUT2D eigenvalue weighted by Gasteiger charge is 2.17. The summed E-state index contributed by atoms with van der Waals surface area (Å²) in [5.74, 6) is -0.723. The molecule has 22 heavy (non-hydrogen) atoms. The number of aromatic nitrogens is 2. The lowest BCUT2D eigenvalue weighted by Gasteiger charge is -2.05. The number of primary amides is 1. The molecule has 0 bridgehead atoms. The van der Waals surface area contributed by atoms with Gasteiger partial charge in [-0.15, -0.1) is 11.8 Å². The number of aromatic amines is 1. The van der Waals surface area contributed by atoms with Gasteiger partial charge in [0.1, 0.15) is 5.82 Å². The van der Waals surface area contributed by atoms with E-state index < -0.39 is 5.91 Å². The number of H-pyrrole nitrogens is 1. The summed E-state index contributed by atoms with van der Waals surface area (Å²) in [7, 11) is 0. The number of halogens is 1. The quantitative estimate of drug-likeness (QED) is 0.709. The molecule has 116 valence electrons. The molecule has 0 aliphatic carbocycles. The first-order valence-electron chi connectivity index (χ1n) is 6.50. The predicted octanol–water partition coefficient (Wildman–Crippen LogP) is 2.08. The van der Waals surface area contributed by atoms with Crippen LogP contribution in [-0.2, 0) is 4.79 Å². The Morgan fingerprint density at radius 1 is 1.36 bits per heavy atom.